The Morgan fingerprint density at radius 1 is 1.47 bits per heavy atom. The molecule has 0 radical (unpaired) electrons. The fraction of sp³-hybridized carbons (Fsp3) is 0.200. The fourth-order valence-corrected chi connectivity index (χ4v) is 1.64. The molecule has 5 nitrogen and oxygen atoms in total. The maximum Gasteiger partial charge on any atom is 0.322 e. The molecular weight excluding hydrogens is 232 g/mol. The molecule has 0 aliphatic carbocycles. The Bertz CT molecular complexity index is 505. The standard InChI is InChI=1S/C10H9F2N3O2/c11-6-1-2-7-5(9(6)12)3-15(4-8(13)16)10(17)14-7/h1-2H,3-4H2,(H2,13,16)(H,14,17). The monoisotopic (exact) mass is 241 g/mol. The predicted octanol–water partition coefficient (Wildman–Crippen LogP) is 0.798. The van der Waals surface area contributed by atoms with Crippen LogP contribution in [0.3, 0.4) is 0 Å². The minimum Gasteiger partial charge on any atom is -0.368 e. The summed E-state index contributed by atoms with van der Waals surface area (Å²) in [6.45, 7) is -0.533. The number of carbonyl (C=O) groups excluding carboxylic acids is 2. The Labute approximate surface area is 95.2 Å². The van der Waals surface area contributed by atoms with E-state index in [1.165, 1.54) is 6.07 Å². The quantitative estimate of drug-likeness (QED) is 0.803. The molecule has 1 aromatic rings. The smallest absolute Gasteiger partial charge is 0.322 e. The maximum absolute atomic E-state index is 13.5. The van der Waals surface area contributed by atoms with Gasteiger partial charge < -0.3 is 16.0 Å². The van der Waals surface area contributed by atoms with Gasteiger partial charge in [0.25, 0.3) is 0 Å². The number of nitrogens with two attached hydrogens (primary N) is 1. The van der Waals surface area contributed by atoms with Crippen molar-refractivity contribution in [1.82, 2.24) is 4.90 Å². The predicted molar refractivity (Wildman–Crippen MR) is 55.0 cm³/mol. The number of nitrogens with one attached hydrogen (secondary N) is 1. The van der Waals surface area contributed by atoms with Gasteiger partial charge >= 0.3 is 6.03 Å². The third-order valence-corrected chi connectivity index (χ3v) is 2.42. The summed E-state index contributed by atoms with van der Waals surface area (Å²) in [6, 6.07) is 1.63. The topological polar surface area (TPSA) is 75.4 Å². The molecule has 0 spiro atoms. The van der Waals surface area contributed by atoms with Crippen LogP contribution in [0.1, 0.15) is 5.56 Å². The van der Waals surface area contributed by atoms with Crippen LogP contribution in [0.25, 0.3) is 0 Å². The second kappa shape index (κ2) is 4.00. The molecule has 7 heteroatoms. The average molecular weight is 241 g/mol. The summed E-state index contributed by atoms with van der Waals surface area (Å²) in [4.78, 5) is 23.2. The Hall–Kier alpha value is -2.18. The lowest BCUT2D eigenvalue weighted by molar-refractivity contribution is -0.118. The van der Waals surface area contributed by atoms with E-state index in [1.807, 2.05) is 0 Å². The molecule has 0 bridgehead atoms. The van der Waals surface area contributed by atoms with Gasteiger partial charge in [-0.15, -0.1) is 0 Å². The van der Waals surface area contributed by atoms with E-state index in [1.54, 1.807) is 0 Å². The number of carbonyl (C=O) groups is 2. The molecule has 0 saturated heterocycles. The van der Waals surface area contributed by atoms with Gasteiger partial charge in [-0.2, -0.15) is 0 Å². The Morgan fingerprint density at radius 2 is 2.18 bits per heavy atom. The first-order valence-electron chi connectivity index (χ1n) is 4.80. The fourth-order valence-electron chi connectivity index (χ4n) is 1.64. The summed E-state index contributed by atoms with van der Waals surface area (Å²) in [5.74, 6) is -2.75. The van der Waals surface area contributed by atoms with Gasteiger partial charge in [-0.1, -0.05) is 0 Å². The SMILES string of the molecule is NC(=O)CN1Cc2c(ccc(F)c2F)NC1=O. The molecule has 0 fully saturated rings. The Kier molecular flexibility index (Phi) is 2.66. The molecule has 1 aliphatic rings. The van der Waals surface area contributed by atoms with E-state index in [2.05, 4.69) is 5.32 Å². The number of fused-ring (bicyclic) bond motifs is 1. The number of primary amides is 1. The number of halogens is 2. The number of hydrogen-bond donors (Lipinski definition) is 2. The van der Waals surface area contributed by atoms with Gasteiger partial charge in [0.15, 0.2) is 11.6 Å². The van der Waals surface area contributed by atoms with Crippen LogP contribution < -0.4 is 11.1 Å². The molecule has 17 heavy (non-hydrogen) atoms. The van der Waals surface area contributed by atoms with Crippen LogP contribution in [0.4, 0.5) is 19.3 Å². The van der Waals surface area contributed by atoms with Gasteiger partial charge in [0, 0.05) is 5.56 Å². The second-order valence-corrected chi connectivity index (χ2v) is 3.64. The van der Waals surface area contributed by atoms with Crippen LogP contribution in [0.5, 0.6) is 0 Å². The molecule has 3 amide bonds. The molecule has 1 aliphatic heterocycles. The number of nitrogens with zero attached hydrogens (tertiary/aromatic N) is 1. The van der Waals surface area contributed by atoms with Crippen LogP contribution >= 0.6 is 0 Å². The Balaban J connectivity index is 2.35. The van der Waals surface area contributed by atoms with Gasteiger partial charge in [-0.3, -0.25) is 4.79 Å². The van der Waals surface area contributed by atoms with Crippen molar-refractivity contribution in [3.63, 3.8) is 0 Å². The zero-order chi connectivity index (χ0) is 12.6. The highest BCUT2D eigenvalue weighted by atomic mass is 19.2. The van der Waals surface area contributed by atoms with Crippen LogP contribution in [0.2, 0.25) is 0 Å². The van der Waals surface area contributed by atoms with Crippen molar-refractivity contribution in [1.29, 1.82) is 0 Å². The van der Waals surface area contributed by atoms with Gasteiger partial charge in [0.1, 0.15) is 6.54 Å². The van der Waals surface area contributed by atoms with Crippen LogP contribution in [-0.4, -0.2) is 23.4 Å². The first kappa shape index (κ1) is 11.3. The van der Waals surface area contributed by atoms with E-state index in [0.29, 0.717) is 0 Å². The molecule has 1 aromatic carbocycles. The van der Waals surface area contributed by atoms with Crippen molar-refractivity contribution >= 4 is 17.6 Å². The lowest BCUT2D eigenvalue weighted by Gasteiger charge is -2.28. The van der Waals surface area contributed by atoms with Gasteiger partial charge in [0.05, 0.1) is 12.2 Å². The van der Waals surface area contributed by atoms with E-state index >= 15 is 0 Å². The third-order valence-electron chi connectivity index (χ3n) is 2.42. The van der Waals surface area contributed by atoms with Gasteiger partial charge in [-0.05, 0) is 12.1 Å². The number of urea groups is 1. The molecule has 0 unspecified atom stereocenters. The van der Waals surface area contributed by atoms with E-state index in [4.69, 9.17) is 5.73 Å². The summed E-state index contributed by atoms with van der Waals surface area (Å²) in [7, 11) is 0. The van der Waals surface area contributed by atoms with Crippen LogP contribution in [0.15, 0.2) is 12.1 Å². The minimum atomic E-state index is -1.03. The van der Waals surface area contributed by atoms with Crippen molar-refractivity contribution in [3.8, 4) is 0 Å². The zero-order valence-corrected chi connectivity index (χ0v) is 8.67. The molecule has 1 heterocycles. The van der Waals surface area contributed by atoms with Crippen molar-refractivity contribution in [3.05, 3.63) is 29.3 Å². The molecule has 0 aromatic heterocycles. The van der Waals surface area contributed by atoms with Crippen LogP contribution in [0, 0.1) is 11.6 Å². The summed E-state index contributed by atoms with van der Waals surface area (Å²) in [5, 5.41) is 2.36. The highest BCUT2D eigenvalue weighted by molar-refractivity contribution is 5.94. The summed E-state index contributed by atoms with van der Waals surface area (Å²) < 4.78 is 26.4. The number of benzene rings is 1. The van der Waals surface area contributed by atoms with E-state index in [-0.39, 0.29) is 24.3 Å². The lowest BCUT2D eigenvalue weighted by Crippen LogP contribution is -2.43. The number of amides is 3. The molecule has 3 N–H and O–H groups in total. The summed E-state index contributed by atoms with van der Waals surface area (Å²) >= 11 is 0. The first-order valence-corrected chi connectivity index (χ1v) is 4.80. The summed E-state index contributed by atoms with van der Waals surface area (Å²) in [6.07, 6.45) is 0. The van der Waals surface area contributed by atoms with Gasteiger partial charge in [-0.25, -0.2) is 13.6 Å². The van der Waals surface area contributed by atoms with Crippen LogP contribution in [-0.2, 0) is 11.3 Å². The molecule has 0 atom stereocenters. The van der Waals surface area contributed by atoms with E-state index < -0.39 is 23.6 Å². The van der Waals surface area contributed by atoms with Crippen molar-refractivity contribution in [2.45, 2.75) is 6.54 Å². The number of anilines is 1. The zero-order valence-electron chi connectivity index (χ0n) is 8.67. The normalized spacial score (nSPS) is 14.2. The van der Waals surface area contributed by atoms with Crippen molar-refractivity contribution < 1.29 is 18.4 Å². The lowest BCUT2D eigenvalue weighted by atomic mass is 10.1. The highest BCUT2D eigenvalue weighted by Crippen LogP contribution is 2.27. The Morgan fingerprint density at radius 3 is 2.82 bits per heavy atom. The van der Waals surface area contributed by atoms with Gasteiger partial charge in [0.2, 0.25) is 5.91 Å². The highest BCUT2D eigenvalue weighted by Gasteiger charge is 2.27. The summed E-state index contributed by atoms with van der Waals surface area (Å²) in [5.41, 5.74) is 5.15. The maximum atomic E-state index is 13.5. The minimum absolute atomic E-state index is 0.00542. The van der Waals surface area contributed by atoms with E-state index in [0.717, 1.165) is 11.0 Å². The number of rotatable bonds is 2. The second-order valence-electron chi connectivity index (χ2n) is 3.64. The largest absolute Gasteiger partial charge is 0.368 e. The number of hydrogen-bond acceptors (Lipinski definition) is 2. The van der Waals surface area contributed by atoms with Crippen molar-refractivity contribution in [2.75, 3.05) is 11.9 Å². The van der Waals surface area contributed by atoms with E-state index in [9.17, 15) is 18.4 Å². The molecule has 90 valence electrons. The third kappa shape index (κ3) is 2.03. The first-order chi connectivity index (χ1) is 7.99. The average Bonchev–Trinajstić information content (AvgIpc) is 2.25. The molecule has 0 saturated carbocycles. The molecular formula is C10H9F2N3O2. The van der Waals surface area contributed by atoms with Crippen molar-refractivity contribution in [2.24, 2.45) is 5.73 Å². The molecule has 2 rings (SSSR count).